The van der Waals surface area contributed by atoms with E-state index in [9.17, 15) is 14.7 Å². The van der Waals surface area contributed by atoms with E-state index in [1.165, 1.54) is 0 Å². The van der Waals surface area contributed by atoms with Crippen molar-refractivity contribution in [3.05, 3.63) is 36.5 Å². The van der Waals surface area contributed by atoms with Crippen molar-refractivity contribution in [2.75, 3.05) is 13.2 Å². The van der Waals surface area contributed by atoms with Crippen LogP contribution in [0.25, 0.3) is 0 Å². The minimum absolute atomic E-state index is 0.0243. The fourth-order valence-electron chi connectivity index (χ4n) is 2.80. The van der Waals surface area contributed by atoms with Gasteiger partial charge in [0.2, 0.25) is 0 Å². The molecule has 26 heavy (non-hydrogen) atoms. The lowest BCUT2D eigenvalue weighted by Gasteiger charge is -2.28. The molecule has 3 atom stereocenters. The van der Waals surface area contributed by atoms with Crippen molar-refractivity contribution in [1.82, 2.24) is 0 Å². The van der Waals surface area contributed by atoms with Crippen molar-refractivity contribution < 1.29 is 24.5 Å². The van der Waals surface area contributed by atoms with E-state index >= 15 is 0 Å². The summed E-state index contributed by atoms with van der Waals surface area (Å²) in [7, 11) is 0. The Morgan fingerprint density at radius 1 is 1.38 bits per heavy atom. The smallest absolute Gasteiger partial charge is 0.303 e. The summed E-state index contributed by atoms with van der Waals surface area (Å²) in [6.07, 6.45) is 12.5. The zero-order valence-electron chi connectivity index (χ0n) is 16.1. The largest absolute Gasteiger partial charge is 0.481 e. The van der Waals surface area contributed by atoms with E-state index in [1.807, 2.05) is 45.1 Å². The molecule has 0 aromatic rings. The quantitative estimate of drug-likeness (QED) is 0.409. The lowest BCUT2D eigenvalue weighted by molar-refractivity contribution is -0.137. The van der Waals surface area contributed by atoms with Gasteiger partial charge in [0.25, 0.3) is 0 Å². The molecule has 0 spiro atoms. The minimum atomic E-state index is -0.787. The topological polar surface area (TPSA) is 83.8 Å². The van der Waals surface area contributed by atoms with Crippen LogP contribution in [-0.2, 0) is 14.3 Å². The first-order valence-corrected chi connectivity index (χ1v) is 9.31. The molecule has 0 saturated carbocycles. The predicted octanol–water partition coefficient (Wildman–Crippen LogP) is 3.54. The number of ketones is 1. The summed E-state index contributed by atoms with van der Waals surface area (Å²) in [6.45, 7) is 6.90. The summed E-state index contributed by atoms with van der Waals surface area (Å²) in [6, 6.07) is 0. The van der Waals surface area contributed by atoms with Crippen molar-refractivity contribution in [3.8, 4) is 0 Å². The molecule has 1 rings (SSSR count). The third kappa shape index (κ3) is 7.67. The first-order valence-electron chi connectivity index (χ1n) is 9.31. The second kappa shape index (κ2) is 11.1. The first-order chi connectivity index (χ1) is 12.3. The van der Waals surface area contributed by atoms with Crippen LogP contribution >= 0.6 is 0 Å². The van der Waals surface area contributed by atoms with Gasteiger partial charge in [-0.05, 0) is 32.3 Å². The minimum Gasteiger partial charge on any atom is -0.481 e. The SMILES string of the molecule is CCOCC(C)(C)C(O)C=CC1C=CC(=O)C1CC=CCCCC(=O)O. The number of aliphatic carboxylic acids is 1. The maximum atomic E-state index is 12.1. The van der Waals surface area contributed by atoms with Crippen molar-refractivity contribution in [2.45, 2.75) is 52.6 Å². The second-order valence-electron chi connectivity index (χ2n) is 7.39. The molecular weight excluding hydrogens is 332 g/mol. The normalized spacial score (nSPS) is 21.9. The van der Waals surface area contributed by atoms with E-state index in [0.717, 1.165) is 0 Å². The molecule has 1 aliphatic rings. The Bertz CT molecular complexity index is 545. The van der Waals surface area contributed by atoms with Gasteiger partial charge in [-0.3, -0.25) is 9.59 Å². The van der Waals surface area contributed by atoms with E-state index in [4.69, 9.17) is 9.84 Å². The number of carbonyl (C=O) groups excluding carboxylic acids is 1. The summed E-state index contributed by atoms with van der Waals surface area (Å²) in [4.78, 5) is 22.5. The van der Waals surface area contributed by atoms with E-state index < -0.39 is 17.5 Å². The van der Waals surface area contributed by atoms with Crippen molar-refractivity contribution >= 4 is 11.8 Å². The number of ether oxygens (including phenoxy) is 1. The number of carbonyl (C=O) groups is 2. The highest BCUT2D eigenvalue weighted by molar-refractivity contribution is 5.95. The molecule has 0 aliphatic heterocycles. The van der Waals surface area contributed by atoms with E-state index in [2.05, 4.69) is 0 Å². The molecular formula is C21H32O5. The highest BCUT2D eigenvalue weighted by atomic mass is 16.5. The van der Waals surface area contributed by atoms with Crippen LogP contribution in [-0.4, -0.2) is 41.3 Å². The van der Waals surface area contributed by atoms with Gasteiger partial charge in [0.15, 0.2) is 5.78 Å². The highest BCUT2D eigenvalue weighted by Gasteiger charge is 2.29. The molecule has 0 saturated heterocycles. The number of carboxylic acids is 1. The molecule has 0 amide bonds. The van der Waals surface area contributed by atoms with Gasteiger partial charge < -0.3 is 14.9 Å². The standard InChI is InChI=1S/C21H32O5/c1-4-26-15-21(2,3)19(23)14-12-16-11-13-18(22)17(16)9-7-5-6-8-10-20(24)25/h5,7,11-14,16-17,19,23H,4,6,8-10,15H2,1-3H3,(H,24,25). The third-order valence-electron chi connectivity index (χ3n) is 4.63. The van der Waals surface area contributed by atoms with Gasteiger partial charge in [-0.25, -0.2) is 0 Å². The summed E-state index contributed by atoms with van der Waals surface area (Å²) in [5.41, 5.74) is -0.390. The number of allylic oxidation sites excluding steroid dienone is 5. The van der Waals surface area contributed by atoms with Gasteiger partial charge in [0.05, 0.1) is 12.7 Å². The van der Waals surface area contributed by atoms with Crippen LogP contribution in [0, 0.1) is 17.3 Å². The summed E-state index contributed by atoms with van der Waals surface area (Å²) in [5.74, 6) is -0.865. The molecule has 0 heterocycles. The van der Waals surface area contributed by atoms with Gasteiger partial charge in [-0.15, -0.1) is 0 Å². The zero-order valence-corrected chi connectivity index (χ0v) is 16.1. The first kappa shape index (κ1) is 22.3. The van der Waals surface area contributed by atoms with Gasteiger partial charge in [0, 0.05) is 30.3 Å². The van der Waals surface area contributed by atoms with Crippen LogP contribution in [0.1, 0.15) is 46.5 Å². The Kier molecular flexibility index (Phi) is 9.52. The summed E-state index contributed by atoms with van der Waals surface area (Å²) < 4.78 is 5.42. The van der Waals surface area contributed by atoms with E-state index in [1.54, 1.807) is 12.2 Å². The van der Waals surface area contributed by atoms with Crippen molar-refractivity contribution in [3.63, 3.8) is 0 Å². The maximum absolute atomic E-state index is 12.1. The number of aliphatic hydroxyl groups is 1. The lowest BCUT2D eigenvalue weighted by atomic mass is 9.85. The van der Waals surface area contributed by atoms with Crippen LogP contribution in [0.3, 0.4) is 0 Å². The van der Waals surface area contributed by atoms with Gasteiger partial charge in [-0.1, -0.05) is 44.2 Å². The zero-order chi connectivity index (χ0) is 19.6. The van der Waals surface area contributed by atoms with E-state index in [-0.39, 0.29) is 24.0 Å². The molecule has 0 fully saturated rings. The Morgan fingerprint density at radius 3 is 2.77 bits per heavy atom. The monoisotopic (exact) mass is 364 g/mol. The number of unbranched alkanes of at least 4 members (excludes halogenated alkanes) is 1. The fourth-order valence-corrected chi connectivity index (χ4v) is 2.80. The molecule has 0 radical (unpaired) electrons. The molecule has 0 aromatic carbocycles. The average molecular weight is 364 g/mol. The molecule has 5 nitrogen and oxygen atoms in total. The van der Waals surface area contributed by atoms with Crippen molar-refractivity contribution in [1.29, 1.82) is 0 Å². The molecule has 0 bridgehead atoms. The van der Waals surface area contributed by atoms with Crippen LogP contribution in [0.2, 0.25) is 0 Å². The molecule has 0 aromatic heterocycles. The molecule has 3 unspecified atom stereocenters. The van der Waals surface area contributed by atoms with Crippen LogP contribution < -0.4 is 0 Å². The Morgan fingerprint density at radius 2 is 2.12 bits per heavy atom. The second-order valence-corrected chi connectivity index (χ2v) is 7.39. The molecule has 1 aliphatic carbocycles. The molecule has 146 valence electrons. The van der Waals surface area contributed by atoms with Crippen molar-refractivity contribution in [2.24, 2.45) is 17.3 Å². The summed E-state index contributed by atoms with van der Waals surface area (Å²) in [5, 5.41) is 19.0. The maximum Gasteiger partial charge on any atom is 0.303 e. The van der Waals surface area contributed by atoms with Gasteiger partial charge in [-0.2, -0.15) is 0 Å². The Balaban J connectivity index is 2.54. The van der Waals surface area contributed by atoms with Crippen LogP contribution in [0.15, 0.2) is 36.5 Å². The Hall–Kier alpha value is -1.72. The summed E-state index contributed by atoms with van der Waals surface area (Å²) >= 11 is 0. The fraction of sp³-hybridized carbons (Fsp3) is 0.619. The molecule has 2 N–H and O–H groups in total. The molecule has 5 heteroatoms. The Labute approximate surface area is 156 Å². The predicted molar refractivity (Wildman–Crippen MR) is 102 cm³/mol. The lowest BCUT2D eigenvalue weighted by Crippen LogP contribution is -2.32. The third-order valence-corrected chi connectivity index (χ3v) is 4.63. The number of carboxylic acid groups (broad SMARTS) is 1. The van der Waals surface area contributed by atoms with E-state index in [0.29, 0.717) is 32.5 Å². The number of hydrogen-bond acceptors (Lipinski definition) is 4. The van der Waals surface area contributed by atoms with Crippen LogP contribution in [0.4, 0.5) is 0 Å². The van der Waals surface area contributed by atoms with Gasteiger partial charge >= 0.3 is 5.97 Å². The number of aliphatic hydroxyl groups excluding tert-OH is 1. The highest BCUT2D eigenvalue weighted by Crippen LogP contribution is 2.29. The van der Waals surface area contributed by atoms with Gasteiger partial charge in [0.1, 0.15) is 0 Å². The van der Waals surface area contributed by atoms with Crippen LogP contribution in [0.5, 0.6) is 0 Å². The number of rotatable bonds is 12. The average Bonchev–Trinajstić information content (AvgIpc) is 2.93. The number of hydrogen-bond donors (Lipinski definition) is 2.